The van der Waals surface area contributed by atoms with E-state index in [-0.39, 0.29) is 5.78 Å². The minimum Gasteiger partial charge on any atom is -0.305 e. The van der Waals surface area contributed by atoms with Gasteiger partial charge in [-0.3, -0.25) is 4.79 Å². The van der Waals surface area contributed by atoms with Crippen molar-refractivity contribution in [2.45, 2.75) is 20.8 Å². The van der Waals surface area contributed by atoms with Crippen LogP contribution in [0.2, 0.25) is 0 Å². The Morgan fingerprint density at radius 2 is 1.73 bits per heavy atom. The number of carbonyl (C=O) groups excluding carboxylic acids is 1. The molecule has 84 valence electrons. The lowest BCUT2D eigenvalue weighted by Gasteiger charge is -2.09. The first-order valence-electron chi connectivity index (χ1n) is 5.03. The molecule has 0 aliphatic heterocycles. The van der Waals surface area contributed by atoms with Crippen molar-refractivity contribution in [1.29, 1.82) is 0 Å². The zero-order valence-electron chi connectivity index (χ0n) is 10.4. The number of likely N-dealkylation sites (N-methyl/N-ethyl adjacent to an activating group) is 1. The van der Waals surface area contributed by atoms with Gasteiger partial charge in [0.2, 0.25) is 0 Å². The van der Waals surface area contributed by atoms with Crippen molar-refractivity contribution in [3.05, 3.63) is 35.5 Å². The third-order valence-corrected chi connectivity index (χ3v) is 1.95. The van der Waals surface area contributed by atoms with E-state index in [2.05, 4.69) is 11.5 Å². The molecule has 0 bridgehead atoms. The Morgan fingerprint density at radius 1 is 1.20 bits per heavy atom. The van der Waals surface area contributed by atoms with Crippen LogP contribution in [0.15, 0.2) is 35.5 Å². The highest BCUT2D eigenvalue weighted by Crippen LogP contribution is 2.06. The molecule has 0 aromatic heterocycles. The van der Waals surface area contributed by atoms with E-state index in [4.69, 9.17) is 0 Å². The predicted octanol–water partition coefficient (Wildman–Crippen LogP) is 2.59. The maximum Gasteiger partial charge on any atom is 0.155 e. The summed E-state index contributed by atoms with van der Waals surface area (Å²) in [5.41, 5.74) is 2.89. The minimum absolute atomic E-state index is 0.112. The van der Waals surface area contributed by atoms with Gasteiger partial charge in [-0.05, 0) is 46.0 Å². The molecule has 0 rings (SSSR count). The summed E-state index contributed by atoms with van der Waals surface area (Å²) in [6.45, 7) is 10.2. The standard InChI is InChI=1S/C13H21NO/c1-10(8-12(3)13(4)15)7-11(2)9-14(5)6/h7-8H,2,9H2,1,3-6H3/b10-7-,12-8+. The van der Waals surface area contributed by atoms with Crippen molar-refractivity contribution in [3.63, 3.8) is 0 Å². The normalized spacial score (nSPS) is 13.2. The first-order chi connectivity index (χ1) is 6.82. The van der Waals surface area contributed by atoms with Crippen molar-refractivity contribution in [1.82, 2.24) is 4.90 Å². The highest BCUT2D eigenvalue weighted by atomic mass is 16.1. The van der Waals surface area contributed by atoms with Gasteiger partial charge >= 0.3 is 0 Å². The van der Waals surface area contributed by atoms with E-state index in [0.717, 1.165) is 23.3 Å². The Morgan fingerprint density at radius 3 is 2.13 bits per heavy atom. The molecule has 0 spiro atoms. The number of nitrogens with zero attached hydrogens (tertiary/aromatic N) is 1. The second-order valence-electron chi connectivity index (χ2n) is 4.17. The number of Topliss-reactive ketones (excluding diaryl/α,β-unsaturated/α-hetero) is 1. The summed E-state index contributed by atoms with van der Waals surface area (Å²) in [7, 11) is 4.01. The number of carbonyl (C=O) groups is 1. The summed E-state index contributed by atoms with van der Waals surface area (Å²) in [5, 5.41) is 0. The van der Waals surface area contributed by atoms with Crippen molar-refractivity contribution in [2.24, 2.45) is 0 Å². The molecule has 0 radical (unpaired) electrons. The maximum atomic E-state index is 11.0. The minimum atomic E-state index is 0.112. The average molecular weight is 207 g/mol. The van der Waals surface area contributed by atoms with Crippen LogP contribution in [0.4, 0.5) is 0 Å². The number of hydrogen-bond acceptors (Lipinski definition) is 2. The Bertz CT molecular complexity index is 308. The van der Waals surface area contributed by atoms with E-state index in [1.54, 1.807) is 6.92 Å². The molecule has 0 saturated carbocycles. The van der Waals surface area contributed by atoms with Gasteiger partial charge in [-0.15, -0.1) is 0 Å². The molecule has 0 aromatic rings. The molecule has 0 aromatic carbocycles. The first kappa shape index (κ1) is 13.8. The molecule has 0 atom stereocenters. The largest absolute Gasteiger partial charge is 0.305 e. The molecule has 0 N–H and O–H groups in total. The fourth-order valence-electron chi connectivity index (χ4n) is 1.26. The van der Waals surface area contributed by atoms with Crippen molar-refractivity contribution in [3.8, 4) is 0 Å². The van der Waals surface area contributed by atoms with E-state index in [1.165, 1.54) is 0 Å². The lowest BCUT2D eigenvalue weighted by Crippen LogP contribution is -2.13. The fourth-order valence-corrected chi connectivity index (χ4v) is 1.26. The lowest BCUT2D eigenvalue weighted by molar-refractivity contribution is -0.113. The number of hydrogen-bond donors (Lipinski definition) is 0. The summed E-state index contributed by atoms with van der Waals surface area (Å²) < 4.78 is 0. The Hall–Kier alpha value is -1.15. The van der Waals surface area contributed by atoms with Gasteiger partial charge in [0.25, 0.3) is 0 Å². The molecule has 0 unspecified atom stereocenters. The molecule has 0 amide bonds. The second kappa shape index (κ2) is 6.36. The number of rotatable bonds is 5. The van der Waals surface area contributed by atoms with Gasteiger partial charge in [0.1, 0.15) is 0 Å². The van der Waals surface area contributed by atoms with E-state index < -0.39 is 0 Å². The average Bonchev–Trinajstić information content (AvgIpc) is 2.00. The summed E-state index contributed by atoms with van der Waals surface area (Å²) in [5.74, 6) is 0.112. The lowest BCUT2D eigenvalue weighted by atomic mass is 10.1. The molecule has 0 heterocycles. The van der Waals surface area contributed by atoms with Gasteiger partial charge in [0, 0.05) is 6.54 Å². The summed E-state index contributed by atoms with van der Waals surface area (Å²) >= 11 is 0. The molecular formula is C13H21NO. The SMILES string of the molecule is C=C(/C=C(C)\C=C(/C)C(C)=O)CN(C)C. The van der Waals surface area contributed by atoms with Gasteiger partial charge in [0.15, 0.2) is 5.78 Å². The molecule has 0 aliphatic rings. The van der Waals surface area contributed by atoms with Crippen molar-refractivity contribution >= 4 is 5.78 Å². The van der Waals surface area contributed by atoms with E-state index >= 15 is 0 Å². The topological polar surface area (TPSA) is 20.3 Å². The zero-order chi connectivity index (χ0) is 12.0. The third-order valence-electron chi connectivity index (χ3n) is 1.95. The van der Waals surface area contributed by atoms with E-state index in [1.807, 2.05) is 40.1 Å². The number of allylic oxidation sites excluding steroid dienone is 3. The van der Waals surface area contributed by atoms with Crippen LogP contribution in [0.5, 0.6) is 0 Å². The zero-order valence-corrected chi connectivity index (χ0v) is 10.4. The maximum absolute atomic E-state index is 11.0. The molecule has 15 heavy (non-hydrogen) atoms. The van der Waals surface area contributed by atoms with Crippen LogP contribution in [-0.2, 0) is 4.79 Å². The van der Waals surface area contributed by atoms with Gasteiger partial charge in [0.05, 0.1) is 0 Å². The fraction of sp³-hybridized carbons (Fsp3) is 0.462. The van der Waals surface area contributed by atoms with Crippen molar-refractivity contribution < 1.29 is 4.79 Å². The molecule has 2 nitrogen and oxygen atoms in total. The quantitative estimate of drug-likeness (QED) is 0.510. The Balaban J connectivity index is 4.51. The van der Waals surface area contributed by atoms with Crippen LogP contribution in [-0.4, -0.2) is 31.3 Å². The summed E-state index contributed by atoms with van der Waals surface area (Å²) in [4.78, 5) is 13.1. The van der Waals surface area contributed by atoms with Crippen LogP contribution in [0.25, 0.3) is 0 Å². The summed E-state index contributed by atoms with van der Waals surface area (Å²) in [6, 6.07) is 0. The molecule has 2 heteroatoms. The highest BCUT2D eigenvalue weighted by molar-refractivity contribution is 5.93. The Labute approximate surface area is 93.0 Å². The molecule has 0 fully saturated rings. The monoisotopic (exact) mass is 207 g/mol. The van der Waals surface area contributed by atoms with Crippen LogP contribution in [0, 0.1) is 0 Å². The van der Waals surface area contributed by atoms with Gasteiger partial charge in [-0.25, -0.2) is 0 Å². The van der Waals surface area contributed by atoms with E-state index in [9.17, 15) is 4.79 Å². The van der Waals surface area contributed by atoms with Crippen LogP contribution in [0.1, 0.15) is 20.8 Å². The van der Waals surface area contributed by atoms with Crippen LogP contribution in [0.3, 0.4) is 0 Å². The molecule has 0 saturated heterocycles. The number of ketones is 1. The van der Waals surface area contributed by atoms with Gasteiger partial charge in [-0.2, -0.15) is 0 Å². The van der Waals surface area contributed by atoms with Gasteiger partial charge < -0.3 is 4.90 Å². The second-order valence-corrected chi connectivity index (χ2v) is 4.17. The Kier molecular flexibility index (Phi) is 5.87. The van der Waals surface area contributed by atoms with Crippen molar-refractivity contribution in [2.75, 3.05) is 20.6 Å². The molecule has 0 aliphatic carbocycles. The third kappa shape index (κ3) is 6.86. The molecular weight excluding hydrogens is 186 g/mol. The van der Waals surface area contributed by atoms with E-state index in [0.29, 0.717) is 0 Å². The highest BCUT2D eigenvalue weighted by Gasteiger charge is 1.97. The summed E-state index contributed by atoms with van der Waals surface area (Å²) in [6.07, 6.45) is 3.90. The predicted molar refractivity (Wildman–Crippen MR) is 65.9 cm³/mol. The van der Waals surface area contributed by atoms with Crippen LogP contribution >= 0.6 is 0 Å². The van der Waals surface area contributed by atoms with Gasteiger partial charge in [-0.1, -0.05) is 24.3 Å². The first-order valence-corrected chi connectivity index (χ1v) is 5.03. The smallest absolute Gasteiger partial charge is 0.155 e. The van der Waals surface area contributed by atoms with Crippen LogP contribution < -0.4 is 0 Å².